The molecular weight excluding hydrogens is 412 g/mol. The molecule has 8 heteroatoms. The summed E-state index contributed by atoms with van der Waals surface area (Å²) in [4.78, 5) is 14.8. The molecule has 2 aliphatic rings. The predicted molar refractivity (Wildman–Crippen MR) is 112 cm³/mol. The van der Waals surface area contributed by atoms with Gasteiger partial charge in [-0.3, -0.25) is 9.69 Å². The van der Waals surface area contributed by atoms with Crippen LogP contribution in [0.1, 0.15) is 43.7 Å². The Morgan fingerprint density at radius 1 is 1.26 bits per heavy atom. The van der Waals surface area contributed by atoms with Crippen LogP contribution in [0.15, 0.2) is 18.2 Å². The molecule has 154 valence electrons. The number of amides is 1. The van der Waals surface area contributed by atoms with Crippen LogP contribution >= 0.6 is 36.4 Å². The van der Waals surface area contributed by atoms with Crippen LogP contribution in [0.3, 0.4) is 0 Å². The summed E-state index contributed by atoms with van der Waals surface area (Å²) in [6.07, 6.45) is 5.30. The predicted octanol–water partition coefficient (Wildman–Crippen LogP) is 3.95. The van der Waals surface area contributed by atoms with Crippen molar-refractivity contribution in [2.24, 2.45) is 17.6 Å². The van der Waals surface area contributed by atoms with Crippen LogP contribution in [0.2, 0.25) is 5.02 Å². The van der Waals surface area contributed by atoms with Crippen molar-refractivity contribution >= 4 is 42.3 Å². The molecule has 3 unspecified atom stereocenters. The van der Waals surface area contributed by atoms with E-state index in [1.165, 1.54) is 12.5 Å². The van der Waals surface area contributed by atoms with Crippen LogP contribution in [0.4, 0.5) is 4.39 Å². The maximum absolute atomic E-state index is 14.4. The number of carbonyl (C=O) groups excluding carboxylic acids is 1. The van der Waals surface area contributed by atoms with Crippen LogP contribution in [0.5, 0.6) is 0 Å². The number of rotatable bonds is 4. The topological polar surface area (TPSA) is 58.4 Å². The summed E-state index contributed by atoms with van der Waals surface area (Å²) >= 11 is 6.21. The van der Waals surface area contributed by atoms with Gasteiger partial charge < -0.3 is 11.1 Å². The Labute approximate surface area is 178 Å². The molecule has 0 saturated heterocycles. The van der Waals surface area contributed by atoms with Gasteiger partial charge in [-0.1, -0.05) is 24.1 Å². The van der Waals surface area contributed by atoms with Crippen LogP contribution in [-0.4, -0.2) is 37.0 Å². The highest BCUT2D eigenvalue weighted by Gasteiger charge is 2.41. The smallest absolute Gasteiger partial charge is 0.242 e. The molecule has 1 amide bonds. The van der Waals surface area contributed by atoms with E-state index >= 15 is 0 Å². The lowest BCUT2D eigenvalue weighted by Gasteiger charge is -2.45. The van der Waals surface area contributed by atoms with E-state index in [0.717, 1.165) is 25.7 Å². The Morgan fingerprint density at radius 3 is 2.37 bits per heavy atom. The Kier molecular flexibility index (Phi) is 9.29. The molecule has 2 aliphatic carbocycles. The molecule has 2 saturated carbocycles. The van der Waals surface area contributed by atoms with E-state index in [2.05, 4.69) is 5.32 Å². The molecule has 1 aromatic carbocycles. The molecule has 1 aromatic rings. The first-order chi connectivity index (χ1) is 11.9. The lowest BCUT2D eigenvalue weighted by Crippen LogP contribution is -2.55. The van der Waals surface area contributed by atoms with Crippen LogP contribution in [-0.2, 0) is 4.79 Å². The second kappa shape index (κ2) is 10.3. The summed E-state index contributed by atoms with van der Waals surface area (Å²) in [7, 11) is 3.54. The summed E-state index contributed by atoms with van der Waals surface area (Å²) in [5.74, 6) is 0.206. The SMILES string of the molecule is CN(C)C(C(=O)NC1C2CCCC1CC(N)C2)c1c(F)cccc1Cl.Cl.Cl. The highest BCUT2D eigenvalue weighted by atomic mass is 35.5. The van der Waals surface area contributed by atoms with Crippen molar-refractivity contribution in [2.45, 2.75) is 50.2 Å². The van der Waals surface area contributed by atoms with E-state index in [4.69, 9.17) is 17.3 Å². The second-order valence-corrected chi connectivity index (χ2v) is 8.13. The fraction of sp³-hybridized carbons (Fsp3) is 0.632. The number of nitrogens with one attached hydrogen (secondary N) is 1. The van der Waals surface area contributed by atoms with Gasteiger partial charge in [0.2, 0.25) is 5.91 Å². The number of likely N-dealkylation sites (N-methyl/N-ethyl adjacent to an activating group) is 1. The second-order valence-electron chi connectivity index (χ2n) is 7.72. The van der Waals surface area contributed by atoms with E-state index in [0.29, 0.717) is 11.8 Å². The zero-order chi connectivity index (χ0) is 18.1. The molecule has 27 heavy (non-hydrogen) atoms. The number of nitrogens with two attached hydrogens (primary N) is 1. The van der Waals surface area contributed by atoms with Crippen molar-refractivity contribution in [3.05, 3.63) is 34.6 Å². The van der Waals surface area contributed by atoms with Crippen LogP contribution < -0.4 is 11.1 Å². The first-order valence-corrected chi connectivity index (χ1v) is 9.42. The first-order valence-electron chi connectivity index (χ1n) is 9.04. The highest BCUT2D eigenvalue weighted by Crippen LogP contribution is 2.40. The van der Waals surface area contributed by atoms with Gasteiger partial charge >= 0.3 is 0 Å². The first kappa shape index (κ1) is 24.4. The Balaban J connectivity index is 0.00000182. The number of hydrogen-bond acceptors (Lipinski definition) is 3. The summed E-state index contributed by atoms with van der Waals surface area (Å²) in [5, 5.41) is 3.49. The molecular formula is C19H29Cl3FN3O. The molecule has 0 radical (unpaired) electrons. The number of fused-ring (bicyclic) bond motifs is 2. The zero-order valence-corrected chi connectivity index (χ0v) is 18.0. The number of nitrogens with zero attached hydrogens (tertiary/aromatic N) is 1. The van der Waals surface area contributed by atoms with Gasteiger partial charge in [0.15, 0.2) is 0 Å². The van der Waals surface area contributed by atoms with E-state index in [-0.39, 0.29) is 53.4 Å². The van der Waals surface area contributed by atoms with E-state index in [1.54, 1.807) is 31.1 Å². The minimum Gasteiger partial charge on any atom is -0.351 e. The van der Waals surface area contributed by atoms with Gasteiger partial charge in [-0.25, -0.2) is 4.39 Å². The molecule has 4 nitrogen and oxygen atoms in total. The van der Waals surface area contributed by atoms with Gasteiger partial charge in [-0.2, -0.15) is 0 Å². The number of benzene rings is 1. The number of halogens is 4. The fourth-order valence-corrected chi connectivity index (χ4v) is 4.93. The van der Waals surface area contributed by atoms with E-state index < -0.39 is 11.9 Å². The van der Waals surface area contributed by atoms with Crippen molar-refractivity contribution in [1.29, 1.82) is 0 Å². The van der Waals surface area contributed by atoms with Crippen LogP contribution in [0.25, 0.3) is 0 Å². The zero-order valence-electron chi connectivity index (χ0n) is 15.7. The normalized spacial score (nSPS) is 27.9. The van der Waals surface area contributed by atoms with Gasteiger partial charge in [0, 0.05) is 22.7 Å². The molecule has 0 aliphatic heterocycles. The molecule has 0 heterocycles. The molecule has 3 N–H and O–H groups in total. The monoisotopic (exact) mass is 439 g/mol. The molecule has 3 rings (SSSR count). The van der Waals surface area contributed by atoms with Crippen molar-refractivity contribution in [3.63, 3.8) is 0 Å². The minimum atomic E-state index is -0.745. The van der Waals surface area contributed by atoms with Gasteiger partial charge in [0.25, 0.3) is 0 Å². The highest BCUT2D eigenvalue weighted by molar-refractivity contribution is 6.31. The Bertz CT molecular complexity index is 612. The molecule has 2 fully saturated rings. The van der Waals surface area contributed by atoms with Crippen LogP contribution in [0, 0.1) is 17.7 Å². The molecule has 0 aromatic heterocycles. The number of carbonyl (C=O) groups is 1. The standard InChI is InChI=1S/C19H27ClFN3O.2ClH/c1-24(2)18(16-14(20)7-4-8-15(16)21)19(25)23-17-11-5-3-6-12(17)10-13(22)9-11;;/h4,7-8,11-13,17-18H,3,5-6,9-10,22H2,1-2H3,(H,23,25);2*1H. The summed E-state index contributed by atoms with van der Waals surface area (Å²) < 4.78 is 14.4. The van der Waals surface area contributed by atoms with E-state index in [9.17, 15) is 9.18 Å². The van der Waals surface area contributed by atoms with E-state index in [1.807, 2.05) is 0 Å². The quantitative estimate of drug-likeness (QED) is 0.745. The minimum absolute atomic E-state index is 0. The van der Waals surface area contributed by atoms with Crippen molar-refractivity contribution in [2.75, 3.05) is 14.1 Å². The maximum atomic E-state index is 14.4. The largest absolute Gasteiger partial charge is 0.351 e. The van der Waals surface area contributed by atoms with Gasteiger partial charge in [-0.05, 0) is 63.7 Å². The average Bonchev–Trinajstić information content (AvgIpc) is 2.51. The molecule has 2 bridgehead atoms. The Hall–Kier alpha value is -0.590. The maximum Gasteiger partial charge on any atom is 0.242 e. The lowest BCUT2D eigenvalue weighted by atomic mass is 9.67. The summed E-state index contributed by atoms with van der Waals surface area (Å²) in [5.41, 5.74) is 6.41. The average molecular weight is 441 g/mol. The summed E-state index contributed by atoms with van der Waals surface area (Å²) in [6, 6.07) is 4.14. The number of hydrogen-bond donors (Lipinski definition) is 2. The third-order valence-corrected chi connectivity index (χ3v) is 6.05. The van der Waals surface area contributed by atoms with Crippen molar-refractivity contribution in [1.82, 2.24) is 10.2 Å². The Morgan fingerprint density at radius 2 is 1.85 bits per heavy atom. The van der Waals surface area contributed by atoms with Crippen molar-refractivity contribution in [3.8, 4) is 0 Å². The van der Waals surface area contributed by atoms with Gasteiger partial charge in [0.05, 0.1) is 0 Å². The third-order valence-electron chi connectivity index (χ3n) is 5.72. The third kappa shape index (κ3) is 5.27. The lowest BCUT2D eigenvalue weighted by molar-refractivity contribution is -0.128. The van der Waals surface area contributed by atoms with Crippen molar-refractivity contribution < 1.29 is 9.18 Å². The summed E-state index contributed by atoms with van der Waals surface area (Å²) in [6.45, 7) is 0. The van der Waals surface area contributed by atoms with Gasteiger partial charge in [0.1, 0.15) is 11.9 Å². The van der Waals surface area contributed by atoms with Gasteiger partial charge in [-0.15, -0.1) is 24.8 Å². The molecule has 3 atom stereocenters. The molecule has 0 spiro atoms. The fourth-order valence-electron chi connectivity index (χ4n) is 4.66.